The van der Waals surface area contributed by atoms with Crippen LogP contribution < -0.4 is 5.32 Å². The highest BCUT2D eigenvalue weighted by Crippen LogP contribution is 2.58. The average molecular weight is 560 g/mol. The number of halogens is 3. The van der Waals surface area contributed by atoms with Gasteiger partial charge in [0.1, 0.15) is 0 Å². The monoisotopic (exact) mass is 559 g/mol. The zero-order valence-electron chi connectivity index (χ0n) is 18.9. The van der Waals surface area contributed by atoms with E-state index in [1.54, 1.807) is 26.0 Å². The molecule has 0 spiro atoms. The van der Waals surface area contributed by atoms with Gasteiger partial charge in [0.25, 0.3) is 0 Å². The molecule has 3 aromatic rings. The fraction of sp³-hybridized carbons (Fsp3) is 0.217. The van der Waals surface area contributed by atoms with Gasteiger partial charge in [0.15, 0.2) is 17.3 Å². The zero-order valence-corrected chi connectivity index (χ0v) is 21.4. The summed E-state index contributed by atoms with van der Waals surface area (Å²) in [5, 5.41) is 4.67. The van der Waals surface area contributed by atoms with Crippen LogP contribution in [0.25, 0.3) is 16.2 Å². The Bertz CT molecular complexity index is 1350. The maximum Gasteiger partial charge on any atom is 0.510 e. The van der Waals surface area contributed by atoms with Crippen LogP contribution in [0.2, 0.25) is 5.02 Å². The van der Waals surface area contributed by atoms with E-state index in [2.05, 4.69) is 10.1 Å². The summed E-state index contributed by atoms with van der Waals surface area (Å²) >= 11 is 7.30. The molecule has 0 saturated heterocycles. The van der Waals surface area contributed by atoms with Crippen LogP contribution in [0.5, 0.6) is 0 Å². The third-order valence-electron chi connectivity index (χ3n) is 4.63. The van der Waals surface area contributed by atoms with E-state index in [1.807, 2.05) is 0 Å². The van der Waals surface area contributed by atoms with Gasteiger partial charge in [0, 0.05) is 15.9 Å². The number of thiophene rings is 1. The number of carbonyl (C=O) groups is 2. The molecule has 0 saturated carbocycles. The highest BCUT2D eigenvalue weighted by molar-refractivity contribution is 7.54. The van der Waals surface area contributed by atoms with E-state index in [4.69, 9.17) is 20.9 Å². The molecule has 2 unspecified atom stereocenters. The lowest BCUT2D eigenvalue weighted by Gasteiger charge is -2.21. The molecule has 2 N–H and O–H groups in total. The summed E-state index contributed by atoms with van der Waals surface area (Å²) in [5.41, 5.74) is -1.35. The molecule has 8 nitrogen and oxygen atoms in total. The molecular formula is C23H21ClF2NO7PS. The van der Waals surface area contributed by atoms with Crippen LogP contribution in [-0.2, 0) is 23.4 Å². The Morgan fingerprint density at radius 2 is 1.94 bits per heavy atom. The van der Waals surface area contributed by atoms with E-state index in [0.717, 1.165) is 18.3 Å². The van der Waals surface area contributed by atoms with Gasteiger partial charge in [0.05, 0.1) is 6.10 Å². The molecule has 0 aliphatic carbocycles. The Morgan fingerprint density at radius 1 is 1.19 bits per heavy atom. The molecule has 2 aromatic carbocycles. The highest BCUT2D eigenvalue weighted by atomic mass is 35.5. The van der Waals surface area contributed by atoms with Crippen LogP contribution >= 0.6 is 30.5 Å². The number of hydrogen-bond donors (Lipinski definition) is 2. The van der Waals surface area contributed by atoms with Crippen LogP contribution in [0.4, 0.5) is 13.6 Å². The Kier molecular flexibility index (Phi) is 9.21. The van der Waals surface area contributed by atoms with E-state index in [1.165, 1.54) is 34.9 Å². The van der Waals surface area contributed by atoms with Crippen molar-refractivity contribution in [2.75, 3.05) is 6.79 Å². The van der Waals surface area contributed by atoms with Gasteiger partial charge in [-0.25, -0.2) is 13.6 Å². The molecule has 192 valence electrons. The second kappa shape index (κ2) is 11.9. The molecule has 3 rings (SSSR count). The first-order valence-corrected chi connectivity index (χ1v) is 13.3. The standard InChI is InChI=1S/C23H21ClF2NO7PS/c1-13(2)34-23(29)32-12-33-35(30,31)21(17-11-36-20-6-4-15(24)10-16(17)20)22(28)27-8-7-14-3-5-18(25)19(26)9-14/h3-11,13,21H,12H2,1-2H3,(H,27,28)(H,30,31). The lowest BCUT2D eigenvalue weighted by atomic mass is 10.1. The summed E-state index contributed by atoms with van der Waals surface area (Å²) in [6.07, 6.45) is 0.780. The Hall–Kier alpha value is -2.82. The minimum absolute atomic E-state index is 0.159. The SMILES string of the molecule is CC(C)OC(=O)OCOP(=O)(O)C(C(=O)NC=Cc1ccc(F)c(F)c1)c1csc2ccc(Cl)cc12. The fourth-order valence-corrected chi connectivity index (χ4v) is 5.59. The van der Waals surface area contributed by atoms with E-state index in [9.17, 15) is 27.8 Å². The van der Waals surface area contributed by atoms with Crippen LogP contribution in [0.15, 0.2) is 48.0 Å². The third-order valence-corrected chi connectivity index (χ3v) is 7.48. The number of rotatable bonds is 9. The normalized spacial score (nSPS) is 14.1. The summed E-state index contributed by atoms with van der Waals surface area (Å²) < 4.78 is 54.8. The minimum atomic E-state index is -4.81. The number of ether oxygens (including phenoxy) is 2. The summed E-state index contributed by atoms with van der Waals surface area (Å²) in [6, 6.07) is 7.97. The van der Waals surface area contributed by atoms with Gasteiger partial charge < -0.3 is 19.7 Å². The third kappa shape index (κ3) is 7.11. The van der Waals surface area contributed by atoms with Gasteiger partial charge in [-0.05, 0) is 72.1 Å². The molecule has 0 aliphatic heterocycles. The number of fused-ring (bicyclic) bond motifs is 1. The second-order valence-corrected chi connectivity index (χ2v) is 10.9. The number of amides is 1. The topological polar surface area (TPSA) is 111 Å². The summed E-state index contributed by atoms with van der Waals surface area (Å²) in [6.45, 7) is 2.22. The summed E-state index contributed by atoms with van der Waals surface area (Å²) in [4.78, 5) is 35.4. The van der Waals surface area contributed by atoms with Crippen LogP contribution in [0.3, 0.4) is 0 Å². The molecule has 1 aromatic heterocycles. The van der Waals surface area contributed by atoms with E-state index in [0.29, 0.717) is 15.1 Å². The predicted octanol–water partition coefficient (Wildman–Crippen LogP) is 6.38. The van der Waals surface area contributed by atoms with Gasteiger partial charge in [0.2, 0.25) is 12.7 Å². The van der Waals surface area contributed by atoms with Crippen molar-refractivity contribution in [3.8, 4) is 0 Å². The molecule has 0 radical (unpaired) electrons. The van der Waals surface area contributed by atoms with Gasteiger partial charge in [-0.3, -0.25) is 13.9 Å². The van der Waals surface area contributed by atoms with E-state index >= 15 is 0 Å². The number of hydrogen-bond acceptors (Lipinski definition) is 7. The van der Waals surface area contributed by atoms with Crippen LogP contribution in [0, 0.1) is 11.6 Å². The maximum absolute atomic E-state index is 13.4. The van der Waals surface area contributed by atoms with Crippen molar-refractivity contribution < 1.29 is 41.8 Å². The maximum atomic E-state index is 13.4. The second-order valence-electron chi connectivity index (χ2n) is 7.62. The molecule has 13 heteroatoms. The molecule has 0 fully saturated rings. The van der Waals surface area contributed by atoms with Gasteiger partial charge in [-0.1, -0.05) is 17.7 Å². The predicted molar refractivity (Wildman–Crippen MR) is 132 cm³/mol. The fourth-order valence-electron chi connectivity index (χ4n) is 3.06. The van der Waals surface area contributed by atoms with Crippen molar-refractivity contribution in [1.29, 1.82) is 0 Å². The van der Waals surface area contributed by atoms with Crippen LogP contribution in [0.1, 0.15) is 30.6 Å². The first-order valence-electron chi connectivity index (χ1n) is 10.4. The van der Waals surface area contributed by atoms with Crippen molar-refractivity contribution in [2.45, 2.75) is 25.6 Å². The molecule has 0 aliphatic rings. The van der Waals surface area contributed by atoms with E-state index < -0.39 is 49.8 Å². The first-order chi connectivity index (χ1) is 17.0. The summed E-state index contributed by atoms with van der Waals surface area (Å²) in [7, 11) is -4.81. The minimum Gasteiger partial charge on any atom is -0.432 e. The lowest BCUT2D eigenvalue weighted by molar-refractivity contribution is -0.120. The zero-order chi connectivity index (χ0) is 26.5. The molecule has 1 heterocycles. The van der Waals surface area contributed by atoms with Crippen LogP contribution in [-0.4, -0.2) is 29.9 Å². The largest absolute Gasteiger partial charge is 0.510 e. The average Bonchev–Trinajstić information content (AvgIpc) is 3.18. The van der Waals surface area contributed by atoms with Gasteiger partial charge in [-0.15, -0.1) is 11.3 Å². The summed E-state index contributed by atoms with van der Waals surface area (Å²) in [5.74, 6) is -3.05. The lowest BCUT2D eigenvalue weighted by Crippen LogP contribution is -2.26. The Labute approximate surface area is 214 Å². The van der Waals surface area contributed by atoms with Crippen molar-refractivity contribution in [1.82, 2.24) is 5.32 Å². The van der Waals surface area contributed by atoms with Crippen molar-refractivity contribution in [2.24, 2.45) is 0 Å². The number of carbonyl (C=O) groups excluding carboxylic acids is 2. The Balaban J connectivity index is 1.86. The molecule has 2 atom stereocenters. The smallest absolute Gasteiger partial charge is 0.432 e. The van der Waals surface area contributed by atoms with Gasteiger partial charge >= 0.3 is 13.8 Å². The Morgan fingerprint density at radius 3 is 2.64 bits per heavy atom. The van der Waals surface area contributed by atoms with E-state index in [-0.39, 0.29) is 11.1 Å². The van der Waals surface area contributed by atoms with Crippen molar-refractivity contribution in [3.05, 3.63) is 75.8 Å². The van der Waals surface area contributed by atoms with Crippen molar-refractivity contribution >= 4 is 58.8 Å². The highest BCUT2D eigenvalue weighted by Gasteiger charge is 2.41. The first kappa shape index (κ1) is 27.8. The number of nitrogens with one attached hydrogen (secondary N) is 1. The molecule has 1 amide bonds. The number of benzene rings is 2. The van der Waals surface area contributed by atoms with Crippen molar-refractivity contribution in [3.63, 3.8) is 0 Å². The molecule has 36 heavy (non-hydrogen) atoms. The van der Waals surface area contributed by atoms with Gasteiger partial charge in [-0.2, -0.15) is 0 Å². The quantitative estimate of drug-likeness (QED) is 0.178. The molecular weight excluding hydrogens is 539 g/mol. The molecule has 0 bridgehead atoms.